The Morgan fingerprint density at radius 2 is 1.92 bits per heavy atom. The molecule has 1 aromatic heterocycles. The third-order valence-corrected chi connectivity index (χ3v) is 4.25. The van der Waals surface area contributed by atoms with Crippen LogP contribution < -0.4 is 0 Å². The van der Waals surface area contributed by atoms with Gasteiger partial charge in [0, 0.05) is 21.7 Å². The zero-order valence-corrected chi connectivity index (χ0v) is 16.5. The second kappa shape index (κ2) is 9.85. The number of hydrogen-bond donors (Lipinski definition) is 0. The van der Waals surface area contributed by atoms with Crippen LogP contribution in [0.25, 0.3) is 10.9 Å². The van der Waals surface area contributed by atoms with Gasteiger partial charge in [0.2, 0.25) is 0 Å². The van der Waals surface area contributed by atoms with Crippen molar-refractivity contribution in [3.63, 3.8) is 0 Å². The zero-order chi connectivity index (χ0) is 18.3. The molecule has 0 N–H and O–H groups in total. The first-order valence-electron chi connectivity index (χ1n) is 8.41. The van der Waals surface area contributed by atoms with E-state index in [1.54, 1.807) is 19.1 Å². The van der Waals surface area contributed by atoms with Gasteiger partial charge in [0.15, 0.2) is 0 Å². The molecule has 0 aliphatic carbocycles. The van der Waals surface area contributed by atoms with Crippen molar-refractivity contribution in [1.82, 2.24) is 4.98 Å². The number of rotatable bonds is 5. The maximum atomic E-state index is 12.3. The Bertz CT molecular complexity index is 701. The number of ether oxygens (including phenoxy) is 1. The number of nitrogens with zero attached hydrogens (tertiary/aromatic N) is 1. The lowest BCUT2D eigenvalue weighted by Crippen LogP contribution is -2.18. The minimum absolute atomic E-state index is 0.252. The van der Waals surface area contributed by atoms with Gasteiger partial charge in [0.1, 0.15) is 0 Å². The highest BCUT2D eigenvalue weighted by Crippen LogP contribution is 2.36. The SMILES string of the molecule is CC.CCCC(C(=O)OCC)c1c(C)nc2ccc(Cl)cc2c1Cl. The fourth-order valence-corrected chi connectivity index (χ4v) is 3.23. The summed E-state index contributed by atoms with van der Waals surface area (Å²) in [5.74, 6) is -0.647. The summed E-state index contributed by atoms with van der Waals surface area (Å²) in [6, 6.07) is 5.39. The standard InChI is InChI=1S/C17H19Cl2NO2.C2H6/c1-4-6-12(17(21)22-5-2)15-10(3)20-14-8-7-11(18)9-13(14)16(15)19;1-2/h7-9,12H,4-6H2,1-3H3;1-2H3. The Balaban J connectivity index is 0.00000139. The van der Waals surface area contributed by atoms with E-state index in [-0.39, 0.29) is 5.97 Å². The van der Waals surface area contributed by atoms with Crippen molar-refractivity contribution >= 4 is 40.1 Å². The molecular formula is C19H25Cl2NO2. The number of carbonyl (C=O) groups is 1. The van der Waals surface area contributed by atoms with E-state index in [1.165, 1.54) is 0 Å². The van der Waals surface area contributed by atoms with E-state index in [1.807, 2.05) is 33.8 Å². The Labute approximate surface area is 154 Å². The number of pyridine rings is 1. The Kier molecular flexibility index (Phi) is 8.51. The first kappa shape index (κ1) is 20.7. The van der Waals surface area contributed by atoms with Crippen LogP contribution in [0.4, 0.5) is 0 Å². The van der Waals surface area contributed by atoms with Crippen molar-refractivity contribution in [2.45, 2.75) is 53.4 Å². The summed E-state index contributed by atoms with van der Waals surface area (Å²) in [5.41, 5.74) is 2.28. The molecular weight excluding hydrogens is 345 g/mol. The largest absolute Gasteiger partial charge is 0.466 e. The number of carbonyl (C=O) groups excluding carboxylic acids is 1. The summed E-state index contributed by atoms with van der Waals surface area (Å²) >= 11 is 12.6. The van der Waals surface area contributed by atoms with Crippen molar-refractivity contribution in [3.8, 4) is 0 Å². The van der Waals surface area contributed by atoms with Gasteiger partial charge < -0.3 is 4.74 Å². The normalized spacial score (nSPS) is 11.6. The van der Waals surface area contributed by atoms with Crippen LogP contribution in [-0.4, -0.2) is 17.6 Å². The molecule has 1 atom stereocenters. The molecule has 132 valence electrons. The monoisotopic (exact) mass is 369 g/mol. The lowest BCUT2D eigenvalue weighted by atomic mass is 9.92. The number of aromatic nitrogens is 1. The average molecular weight is 370 g/mol. The molecule has 0 bridgehead atoms. The molecule has 1 heterocycles. The first-order valence-corrected chi connectivity index (χ1v) is 9.17. The van der Waals surface area contributed by atoms with Crippen LogP contribution in [0.2, 0.25) is 10.0 Å². The molecule has 0 saturated carbocycles. The van der Waals surface area contributed by atoms with Crippen molar-refractivity contribution < 1.29 is 9.53 Å². The van der Waals surface area contributed by atoms with Crippen LogP contribution in [0.3, 0.4) is 0 Å². The molecule has 0 aliphatic heterocycles. The lowest BCUT2D eigenvalue weighted by Gasteiger charge is -2.19. The molecule has 0 saturated heterocycles. The maximum absolute atomic E-state index is 12.3. The summed E-state index contributed by atoms with van der Waals surface area (Å²) < 4.78 is 5.21. The minimum atomic E-state index is -0.395. The molecule has 5 heteroatoms. The third-order valence-electron chi connectivity index (χ3n) is 3.61. The molecule has 24 heavy (non-hydrogen) atoms. The van der Waals surface area contributed by atoms with Crippen LogP contribution >= 0.6 is 23.2 Å². The van der Waals surface area contributed by atoms with Crippen LogP contribution in [0.15, 0.2) is 18.2 Å². The Morgan fingerprint density at radius 3 is 2.50 bits per heavy atom. The van der Waals surface area contributed by atoms with E-state index in [0.29, 0.717) is 23.1 Å². The second-order valence-corrected chi connectivity index (χ2v) is 5.99. The van der Waals surface area contributed by atoms with Gasteiger partial charge >= 0.3 is 5.97 Å². The van der Waals surface area contributed by atoms with Crippen LogP contribution in [0, 0.1) is 6.92 Å². The Morgan fingerprint density at radius 1 is 1.25 bits per heavy atom. The highest BCUT2D eigenvalue weighted by atomic mass is 35.5. The van der Waals surface area contributed by atoms with E-state index in [4.69, 9.17) is 27.9 Å². The highest BCUT2D eigenvalue weighted by molar-refractivity contribution is 6.37. The molecule has 0 aliphatic rings. The van der Waals surface area contributed by atoms with Gasteiger partial charge in [-0.2, -0.15) is 0 Å². The summed E-state index contributed by atoms with van der Waals surface area (Å²) in [5, 5.41) is 1.89. The van der Waals surface area contributed by atoms with E-state index in [2.05, 4.69) is 4.98 Å². The maximum Gasteiger partial charge on any atom is 0.313 e. The van der Waals surface area contributed by atoms with Crippen LogP contribution in [0.1, 0.15) is 57.7 Å². The van der Waals surface area contributed by atoms with Gasteiger partial charge in [-0.1, -0.05) is 50.4 Å². The van der Waals surface area contributed by atoms with Crippen molar-refractivity contribution in [1.29, 1.82) is 0 Å². The van der Waals surface area contributed by atoms with E-state index in [0.717, 1.165) is 28.6 Å². The summed E-state index contributed by atoms with van der Waals surface area (Å²) in [7, 11) is 0. The number of halogens is 2. The van der Waals surface area contributed by atoms with E-state index >= 15 is 0 Å². The predicted molar refractivity (Wildman–Crippen MR) is 102 cm³/mol. The van der Waals surface area contributed by atoms with E-state index in [9.17, 15) is 4.79 Å². The van der Waals surface area contributed by atoms with Gasteiger partial charge in [-0.15, -0.1) is 0 Å². The van der Waals surface area contributed by atoms with Crippen molar-refractivity contribution in [2.75, 3.05) is 6.61 Å². The van der Waals surface area contributed by atoms with Gasteiger partial charge in [-0.25, -0.2) is 0 Å². The number of benzene rings is 1. The molecule has 0 fully saturated rings. The zero-order valence-electron chi connectivity index (χ0n) is 15.0. The van der Waals surface area contributed by atoms with Crippen LogP contribution in [-0.2, 0) is 9.53 Å². The molecule has 3 nitrogen and oxygen atoms in total. The van der Waals surface area contributed by atoms with Crippen molar-refractivity contribution in [2.24, 2.45) is 0 Å². The van der Waals surface area contributed by atoms with Crippen LogP contribution in [0.5, 0.6) is 0 Å². The highest BCUT2D eigenvalue weighted by Gasteiger charge is 2.27. The van der Waals surface area contributed by atoms with Gasteiger partial charge in [-0.3, -0.25) is 9.78 Å². The average Bonchev–Trinajstić information content (AvgIpc) is 2.57. The minimum Gasteiger partial charge on any atom is -0.466 e. The molecule has 1 aromatic carbocycles. The second-order valence-electron chi connectivity index (χ2n) is 5.18. The fraction of sp³-hybridized carbons (Fsp3) is 0.474. The van der Waals surface area contributed by atoms with Gasteiger partial charge in [-0.05, 0) is 38.5 Å². The first-order chi connectivity index (χ1) is 11.5. The predicted octanol–water partition coefficient (Wildman–Crippen LogP) is 6.32. The number of hydrogen-bond acceptors (Lipinski definition) is 3. The summed E-state index contributed by atoms with van der Waals surface area (Å²) in [4.78, 5) is 16.9. The number of aryl methyl sites for hydroxylation is 1. The topological polar surface area (TPSA) is 39.2 Å². The molecule has 0 amide bonds. The van der Waals surface area contributed by atoms with Crippen molar-refractivity contribution in [3.05, 3.63) is 39.5 Å². The smallest absolute Gasteiger partial charge is 0.313 e. The summed E-state index contributed by atoms with van der Waals surface area (Å²) in [6.07, 6.45) is 1.53. The van der Waals surface area contributed by atoms with E-state index < -0.39 is 5.92 Å². The summed E-state index contributed by atoms with van der Waals surface area (Å²) in [6.45, 7) is 10.0. The quantitative estimate of drug-likeness (QED) is 0.578. The van der Waals surface area contributed by atoms with Gasteiger partial charge in [0.05, 0.1) is 23.1 Å². The lowest BCUT2D eigenvalue weighted by molar-refractivity contribution is -0.145. The molecule has 0 radical (unpaired) electrons. The molecule has 2 aromatic rings. The molecule has 1 unspecified atom stereocenters. The Hall–Kier alpha value is -1.32. The van der Waals surface area contributed by atoms with Gasteiger partial charge in [0.25, 0.3) is 0 Å². The fourth-order valence-electron chi connectivity index (χ4n) is 2.64. The number of esters is 1. The molecule has 0 spiro atoms. The third kappa shape index (κ3) is 4.61. The number of fused-ring (bicyclic) bond motifs is 1. The molecule has 2 rings (SSSR count).